The Labute approximate surface area is 178 Å². The van der Waals surface area contributed by atoms with Gasteiger partial charge in [0.1, 0.15) is 5.69 Å². The third-order valence-electron chi connectivity index (χ3n) is 5.50. The van der Waals surface area contributed by atoms with E-state index < -0.39 is 0 Å². The van der Waals surface area contributed by atoms with Crippen LogP contribution < -0.4 is 0 Å². The van der Waals surface area contributed by atoms with Gasteiger partial charge in [0.2, 0.25) is 0 Å². The molecule has 4 heteroatoms. The summed E-state index contributed by atoms with van der Waals surface area (Å²) in [4.78, 5) is 9.48. The van der Waals surface area contributed by atoms with Gasteiger partial charge in [-0.05, 0) is 36.4 Å². The predicted molar refractivity (Wildman–Crippen MR) is 124 cm³/mol. The first-order valence-electron chi connectivity index (χ1n) is 9.81. The van der Waals surface area contributed by atoms with Gasteiger partial charge in [0.25, 0.3) is 0 Å². The second kappa shape index (κ2) is 6.68. The SMILES string of the molecule is Clc1nc2ccccc2nc1-c1cccc2c1c1ccccc1n2-c1ccccc1. The van der Waals surface area contributed by atoms with Gasteiger partial charge in [-0.2, -0.15) is 0 Å². The number of aromatic nitrogens is 3. The molecule has 2 heterocycles. The monoisotopic (exact) mass is 405 g/mol. The molecule has 6 aromatic rings. The molecular weight excluding hydrogens is 390 g/mol. The molecule has 0 amide bonds. The van der Waals surface area contributed by atoms with Crippen LogP contribution in [0.3, 0.4) is 0 Å². The van der Waals surface area contributed by atoms with Gasteiger partial charge < -0.3 is 4.57 Å². The molecule has 4 aromatic carbocycles. The smallest absolute Gasteiger partial charge is 0.156 e. The number of benzene rings is 4. The third kappa shape index (κ3) is 2.53. The third-order valence-corrected chi connectivity index (χ3v) is 5.76. The fourth-order valence-electron chi connectivity index (χ4n) is 4.22. The van der Waals surface area contributed by atoms with E-state index in [4.69, 9.17) is 16.6 Å². The van der Waals surface area contributed by atoms with Gasteiger partial charge in [0, 0.05) is 22.0 Å². The average molecular weight is 406 g/mol. The van der Waals surface area contributed by atoms with Crippen molar-refractivity contribution in [1.82, 2.24) is 14.5 Å². The minimum Gasteiger partial charge on any atom is -0.309 e. The number of nitrogens with zero attached hydrogens (tertiary/aromatic N) is 3. The molecule has 6 rings (SSSR count). The summed E-state index contributed by atoms with van der Waals surface area (Å²) in [5, 5.41) is 2.71. The van der Waals surface area contributed by atoms with E-state index in [-0.39, 0.29) is 0 Å². The molecule has 0 saturated heterocycles. The van der Waals surface area contributed by atoms with Crippen LogP contribution in [0.2, 0.25) is 5.15 Å². The molecule has 0 fully saturated rings. The van der Waals surface area contributed by atoms with Gasteiger partial charge in [-0.25, -0.2) is 9.97 Å². The summed E-state index contributed by atoms with van der Waals surface area (Å²) >= 11 is 6.63. The van der Waals surface area contributed by atoms with Gasteiger partial charge in [-0.3, -0.25) is 0 Å². The molecule has 0 saturated carbocycles. The Hall–Kier alpha value is -3.69. The summed E-state index contributed by atoms with van der Waals surface area (Å²) in [6, 6.07) is 33.0. The van der Waals surface area contributed by atoms with Crippen LogP contribution in [0.1, 0.15) is 0 Å². The first-order valence-corrected chi connectivity index (χ1v) is 10.2. The minimum absolute atomic E-state index is 0.415. The lowest BCUT2D eigenvalue weighted by atomic mass is 10.0. The van der Waals surface area contributed by atoms with Crippen LogP contribution in [0.5, 0.6) is 0 Å². The summed E-state index contributed by atoms with van der Waals surface area (Å²) in [5.74, 6) is 0. The summed E-state index contributed by atoms with van der Waals surface area (Å²) in [7, 11) is 0. The van der Waals surface area contributed by atoms with E-state index in [1.165, 1.54) is 0 Å². The maximum atomic E-state index is 6.63. The number of halogens is 1. The standard InChI is InChI=1S/C26H16ClN3/c27-26-25(28-20-13-5-6-14-21(20)29-26)19-12-8-16-23-24(19)18-11-4-7-15-22(18)30(23)17-9-2-1-3-10-17/h1-16H. The number of fused-ring (bicyclic) bond motifs is 4. The molecule has 3 nitrogen and oxygen atoms in total. The lowest BCUT2D eigenvalue weighted by Gasteiger charge is -2.09. The Bertz CT molecular complexity index is 1550. The highest BCUT2D eigenvalue weighted by molar-refractivity contribution is 6.33. The second-order valence-corrected chi connectivity index (χ2v) is 7.60. The lowest BCUT2D eigenvalue weighted by molar-refractivity contribution is 1.18. The van der Waals surface area contributed by atoms with Crippen molar-refractivity contribution in [3.8, 4) is 16.9 Å². The fraction of sp³-hybridized carbons (Fsp3) is 0. The molecule has 0 bridgehead atoms. The van der Waals surface area contributed by atoms with Crippen molar-refractivity contribution in [2.45, 2.75) is 0 Å². The Balaban J connectivity index is 1.75. The van der Waals surface area contributed by atoms with Gasteiger partial charge in [-0.15, -0.1) is 0 Å². The molecule has 2 aromatic heterocycles. The molecule has 30 heavy (non-hydrogen) atoms. The van der Waals surface area contributed by atoms with Crippen molar-refractivity contribution in [3.05, 3.63) is 102 Å². The molecule has 0 radical (unpaired) electrons. The normalized spacial score (nSPS) is 11.5. The number of hydrogen-bond acceptors (Lipinski definition) is 2. The molecule has 0 N–H and O–H groups in total. The molecule has 0 aliphatic carbocycles. The van der Waals surface area contributed by atoms with E-state index in [0.717, 1.165) is 44.1 Å². The van der Waals surface area contributed by atoms with Gasteiger partial charge in [-0.1, -0.05) is 72.3 Å². The highest BCUT2D eigenvalue weighted by atomic mass is 35.5. The van der Waals surface area contributed by atoms with Crippen molar-refractivity contribution in [2.24, 2.45) is 0 Å². The summed E-state index contributed by atoms with van der Waals surface area (Å²) in [6.07, 6.45) is 0. The van der Waals surface area contributed by atoms with Gasteiger partial charge >= 0.3 is 0 Å². The summed E-state index contributed by atoms with van der Waals surface area (Å²) in [6.45, 7) is 0. The Morgan fingerprint density at radius 2 is 1.27 bits per heavy atom. The lowest BCUT2D eigenvalue weighted by Crippen LogP contribution is -1.94. The maximum Gasteiger partial charge on any atom is 0.156 e. The molecule has 0 spiro atoms. The Kier molecular flexibility index (Phi) is 3.83. The second-order valence-electron chi connectivity index (χ2n) is 7.24. The highest BCUT2D eigenvalue weighted by Gasteiger charge is 2.18. The van der Waals surface area contributed by atoms with Crippen molar-refractivity contribution in [2.75, 3.05) is 0 Å². The van der Waals surface area contributed by atoms with E-state index in [1.54, 1.807) is 0 Å². The van der Waals surface area contributed by atoms with Crippen molar-refractivity contribution >= 4 is 44.4 Å². The van der Waals surface area contributed by atoms with E-state index >= 15 is 0 Å². The van der Waals surface area contributed by atoms with Crippen molar-refractivity contribution in [1.29, 1.82) is 0 Å². The number of para-hydroxylation sites is 4. The molecule has 0 atom stereocenters. The van der Waals surface area contributed by atoms with Crippen LogP contribution >= 0.6 is 11.6 Å². The maximum absolute atomic E-state index is 6.63. The van der Waals surface area contributed by atoms with Crippen LogP contribution in [0.25, 0.3) is 49.8 Å². The fourth-order valence-corrected chi connectivity index (χ4v) is 4.46. The zero-order valence-corrected chi connectivity index (χ0v) is 16.7. The zero-order valence-electron chi connectivity index (χ0n) is 16.0. The zero-order chi connectivity index (χ0) is 20.1. The van der Waals surface area contributed by atoms with Crippen molar-refractivity contribution < 1.29 is 0 Å². The molecule has 0 aliphatic rings. The minimum atomic E-state index is 0.415. The van der Waals surface area contributed by atoms with E-state index in [2.05, 4.69) is 76.3 Å². The molecule has 0 aliphatic heterocycles. The van der Waals surface area contributed by atoms with Crippen LogP contribution in [-0.2, 0) is 0 Å². The summed E-state index contributed by atoms with van der Waals surface area (Å²) in [5.41, 5.74) is 6.71. The Morgan fingerprint density at radius 1 is 0.600 bits per heavy atom. The predicted octanol–water partition coefficient (Wildman–Crippen LogP) is 7.05. The van der Waals surface area contributed by atoms with Crippen LogP contribution in [0, 0.1) is 0 Å². The molecule has 0 unspecified atom stereocenters. The largest absolute Gasteiger partial charge is 0.309 e. The highest BCUT2D eigenvalue weighted by Crippen LogP contribution is 2.39. The van der Waals surface area contributed by atoms with Crippen molar-refractivity contribution in [3.63, 3.8) is 0 Å². The first kappa shape index (κ1) is 17.2. The Morgan fingerprint density at radius 3 is 2.10 bits per heavy atom. The quantitative estimate of drug-likeness (QED) is 0.309. The van der Waals surface area contributed by atoms with Gasteiger partial charge in [0.15, 0.2) is 5.15 Å². The topological polar surface area (TPSA) is 30.7 Å². The number of rotatable bonds is 2. The van der Waals surface area contributed by atoms with E-state index in [0.29, 0.717) is 10.8 Å². The van der Waals surface area contributed by atoms with E-state index in [9.17, 15) is 0 Å². The van der Waals surface area contributed by atoms with Crippen LogP contribution in [-0.4, -0.2) is 14.5 Å². The summed E-state index contributed by atoms with van der Waals surface area (Å²) < 4.78 is 2.29. The van der Waals surface area contributed by atoms with Crippen LogP contribution in [0.15, 0.2) is 97.1 Å². The first-order chi connectivity index (χ1) is 14.8. The van der Waals surface area contributed by atoms with Gasteiger partial charge in [0.05, 0.1) is 22.1 Å². The number of hydrogen-bond donors (Lipinski definition) is 0. The molecular formula is C26H16ClN3. The van der Waals surface area contributed by atoms with Crippen LogP contribution in [0.4, 0.5) is 0 Å². The van der Waals surface area contributed by atoms with E-state index in [1.807, 2.05) is 30.3 Å². The average Bonchev–Trinajstić information content (AvgIpc) is 3.14. The molecule has 142 valence electrons.